The van der Waals surface area contributed by atoms with Gasteiger partial charge in [-0.2, -0.15) is 4.31 Å². The lowest BCUT2D eigenvalue weighted by molar-refractivity contribution is -0.120. The van der Waals surface area contributed by atoms with Crippen molar-refractivity contribution >= 4 is 44.0 Å². The van der Waals surface area contributed by atoms with E-state index < -0.39 is 16.1 Å². The molecule has 1 saturated heterocycles. The zero-order valence-electron chi connectivity index (χ0n) is 18.0. The van der Waals surface area contributed by atoms with Crippen LogP contribution < -0.4 is 10.6 Å². The van der Waals surface area contributed by atoms with Gasteiger partial charge in [-0.05, 0) is 37.1 Å². The first kappa shape index (κ1) is 23.1. The molecule has 10 heteroatoms. The van der Waals surface area contributed by atoms with E-state index in [1.165, 1.54) is 22.6 Å². The molecule has 1 unspecified atom stereocenters. The molecule has 3 aromatic rings. The number of thiazole rings is 1. The highest BCUT2D eigenvalue weighted by atomic mass is 32.2. The molecule has 172 valence electrons. The fourth-order valence-electron chi connectivity index (χ4n) is 3.76. The summed E-state index contributed by atoms with van der Waals surface area (Å²) < 4.78 is 27.6. The van der Waals surface area contributed by atoms with Crippen LogP contribution in [0, 0.1) is 0 Å². The van der Waals surface area contributed by atoms with Gasteiger partial charge in [-0.15, -0.1) is 11.3 Å². The van der Waals surface area contributed by atoms with Gasteiger partial charge in [-0.25, -0.2) is 13.4 Å². The van der Waals surface area contributed by atoms with Crippen LogP contribution in [0.5, 0.6) is 0 Å². The number of hydrogen-bond acceptors (Lipinski definition) is 6. The number of anilines is 2. The highest BCUT2D eigenvalue weighted by molar-refractivity contribution is 7.89. The summed E-state index contributed by atoms with van der Waals surface area (Å²) in [5.74, 6) is -0.524. The van der Waals surface area contributed by atoms with Gasteiger partial charge in [0, 0.05) is 30.1 Å². The van der Waals surface area contributed by atoms with Crippen molar-refractivity contribution in [2.45, 2.75) is 37.1 Å². The van der Waals surface area contributed by atoms with Gasteiger partial charge < -0.3 is 10.6 Å². The molecule has 1 aliphatic heterocycles. The quantitative estimate of drug-likeness (QED) is 0.551. The van der Waals surface area contributed by atoms with Crippen molar-refractivity contribution < 1.29 is 18.0 Å². The molecule has 0 saturated carbocycles. The third-order valence-corrected chi connectivity index (χ3v) is 8.02. The molecule has 2 aromatic carbocycles. The summed E-state index contributed by atoms with van der Waals surface area (Å²) in [6.45, 7) is 1.75. The minimum absolute atomic E-state index is 0.146. The van der Waals surface area contributed by atoms with Crippen LogP contribution in [-0.2, 0) is 19.6 Å². The number of carbonyl (C=O) groups is 2. The summed E-state index contributed by atoms with van der Waals surface area (Å²) in [5, 5.41) is 7.74. The molecule has 2 heterocycles. The molecule has 0 spiro atoms. The van der Waals surface area contributed by atoms with E-state index in [1.54, 1.807) is 42.5 Å². The van der Waals surface area contributed by atoms with E-state index in [9.17, 15) is 18.0 Å². The van der Waals surface area contributed by atoms with Gasteiger partial charge in [-0.1, -0.05) is 36.8 Å². The Kier molecular flexibility index (Phi) is 6.87. The second-order valence-corrected chi connectivity index (χ2v) is 10.5. The lowest BCUT2D eigenvalue weighted by Gasteiger charge is -2.33. The van der Waals surface area contributed by atoms with Crippen LogP contribution in [0.25, 0.3) is 11.3 Å². The molecule has 1 aromatic heterocycles. The van der Waals surface area contributed by atoms with E-state index in [0.717, 1.165) is 12.0 Å². The first-order chi connectivity index (χ1) is 15.8. The number of piperidine rings is 1. The summed E-state index contributed by atoms with van der Waals surface area (Å²) in [6.07, 6.45) is 1.95. The van der Waals surface area contributed by atoms with Gasteiger partial charge in [0.2, 0.25) is 21.8 Å². The van der Waals surface area contributed by atoms with Crippen molar-refractivity contribution in [3.63, 3.8) is 0 Å². The Morgan fingerprint density at radius 3 is 2.45 bits per heavy atom. The molecule has 2 N–H and O–H groups in total. The number of sulfonamides is 1. The Bertz CT molecular complexity index is 1240. The Morgan fingerprint density at radius 1 is 1.03 bits per heavy atom. The summed E-state index contributed by atoms with van der Waals surface area (Å²) in [4.78, 5) is 28.9. The summed E-state index contributed by atoms with van der Waals surface area (Å²) in [7, 11) is -3.77. The van der Waals surface area contributed by atoms with Gasteiger partial charge in [0.25, 0.3) is 0 Å². The monoisotopic (exact) mass is 484 g/mol. The van der Waals surface area contributed by atoms with Gasteiger partial charge in [-0.3, -0.25) is 9.59 Å². The average molecular weight is 485 g/mol. The van der Waals surface area contributed by atoms with Crippen molar-refractivity contribution in [3.8, 4) is 11.3 Å². The summed E-state index contributed by atoms with van der Waals surface area (Å²) >= 11 is 1.28. The molecule has 2 amide bonds. The minimum atomic E-state index is -3.77. The van der Waals surface area contributed by atoms with Gasteiger partial charge in [0.15, 0.2) is 5.13 Å². The number of aromatic nitrogens is 1. The molecule has 33 heavy (non-hydrogen) atoms. The van der Waals surface area contributed by atoms with Crippen LogP contribution in [0.15, 0.2) is 64.9 Å². The minimum Gasteiger partial charge on any atom is -0.326 e. The number of amides is 2. The van der Waals surface area contributed by atoms with Crippen LogP contribution in [0.1, 0.15) is 26.2 Å². The van der Waals surface area contributed by atoms with Gasteiger partial charge in [0.1, 0.15) is 6.04 Å². The zero-order chi connectivity index (χ0) is 23.4. The molecular formula is C23H24N4O4S2. The number of benzene rings is 2. The standard InChI is InChI=1S/C23H24N4O4S2/c1-16(28)24-18-12-10-17(11-13-18)20-15-32-23(25-20)26-22(29)21-9-5-6-14-27(21)33(30,31)19-7-3-2-4-8-19/h2-4,7-8,10-13,15,21H,5-6,9,14H2,1H3,(H,24,28)(H,25,26,29). The van der Waals surface area contributed by atoms with Crippen molar-refractivity contribution in [2.75, 3.05) is 17.2 Å². The van der Waals surface area contributed by atoms with E-state index in [-0.39, 0.29) is 16.7 Å². The summed E-state index contributed by atoms with van der Waals surface area (Å²) in [6, 6.07) is 14.6. The molecule has 1 atom stereocenters. The van der Waals surface area contributed by atoms with Crippen LogP contribution in [0.3, 0.4) is 0 Å². The lowest BCUT2D eigenvalue weighted by atomic mass is 10.0. The number of carbonyl (C=O) groups excluding carboxylic acids is 2. The normalized spacial score (nSPS) is 16.8. The topological polar surface area (TPSA) is 108 Å². The first-order valence-electron chi connectivity index (χ1n) is 10.6. The van der Waals surface area contributed by atoms with Gasteiger partial charge in [0.05, 0.1) is 10.6 Å². The predicted octanol–water partition coefficient (Wildman–Crippen LogP) is 3.95. The van der Waals surface area contributed by atoms with Crippen LogP contribution in [0.4, 0.5) is 10.8 Å². The smallest absolute Gasteiger partial charge is 0.244 e. The Hall–Kier alpha value is -3.08. The maximum Gasteiger partial charge on any atom is 0.244 e. The molecule has 1 fully saturated rings. The van der Waals surface area contributed by atoms with Crippen molar-refractivity contribution in [2.24, 2.45) is 0 Å². The lowest BCUT2D eigenvalue weighted by Crippen LogP contribution is -2.49. The van der Waals surface area contributed by atoms with E-state index in [2.05, 4.69) is 15.6 Å². The predicted molar refractivity (Wildman–Crippen MR) is 128 cm³/mol. The van der Waals surface area contributed by atoms with Crippen molar-refractivity contribution in [1.29, 1.82) is 0 Å². The highest BCUT2D eigenvalue weighted by Crippen LogP contribution is 2.29. The number of nitrogens with zero attached hydrogens (tertiary/aromatic N) is 2. The highest BCUT2D eigenvalue weighted by Gasteiger charge is 2.37. The molecule has 4 rings (SSSR count). The van der Waals surface area contributed by atoms with Crippen LogP contribution in [0.2, 0.25) is 0 Å². The maximum absolute atomic E-state index is 13.1. The van der Waals surface area contributed by atoms with Crippen molar-refractivity contribution in [3.05, 3.63) is 60.0 Å². The second kappa shape index (κ2) is 9.82. The van der Waals surface area contributed by atoms with E-state index in [1.807, 2.05) is 17.5 Å². The SMILES string of the molecule is CC(=O)Nc1ccc(-c2csc(NC(=O)C3CCCCN3S(=O)(=O)c3ccccc3)n2)cc1. The average Bonchev–Trinajstić information content (AvgIpc) is 3.28. The zero-order valence-corrected chi connectivity index (χ0v) is 19.7. The molecule has 0 bridgehead atoms. The number of hydrogen-bond donors (Lipinski definition) is 2. The molecule has 0 aliphatic carbocycles. The van der Waals surface area contributed by atoms with Gasteiger partial charge >= 0.3 is 0 Å². The molecule has 8 nitrogen and oxygen atoms in total. The fourth-order valence-corrected chi connectivity index (χ4v) is 6.16. The van der Waals surface area contributed by atoms with E-state index >= 15 is 0 Å². The first-order valence-corrected chi connectivity index (χ1v) is 12.9. The Balaban J connectivity index is 1.48. The van der Waals surface area contributed by atoms with Crippen molar-refractivity contribution in [1.82, 2.24) is 9.29 Å². The molecule has 0 radical (unpaired) electrons. The van der Waals surface area contributed by atoms with Crippen LogP contribution in [-0.4, -0.2) is 42.1 Å². The number of rotatable bonds is 6. The molecular weight excluding hydrogens is 460 g/mol. The van der Waals surface area contributed by atoms with Crippen LogP contribution >= 0.6 is 11.3 Å². The Morgan fingerprint density at radius 2 is 1.76 bits per heavy atom. The third-order valence-electron chi connectivity index (χ3n) is 5.34. The molecule has 1 aliphatic rings. The number of nitrogens with one attached hydrogen (secondary N) is 2. The van der Waals surface area contributed by atoms with E-state index in [4.69, 9.17) is 0 Å². The second-order valence-electron chi connectivity index (χ2n) is 7.73. The maximum atomic E-state index is 13.1. The summed E-state index contributed by atoms with van der Waals surface area (Å²) in [5.41, 5.74) is 2.21. The largest absolute Gasteiger partial charge is 0.326 e. The third kappa shape index (κ3) is 5.29. The van der Waals surface area contributed by atoms with E-state index in [0.29, 0.717) is 35.9 Å². The Labute approximate surface area is 196 Å². The fraction of sp³-hybridized carbons (Fsp3) is 0.261.